The van der Waals surface area contributed by atoms with E-state index in [2.05, 4.69) is 86.0 Å². The summed E-state index contributed by atoms with van der Waals surface area (Å²) in [6.07, 6.45) is 0. The van der Waals surface area contributed by atoms with Crippen LogP contribution in [0.25, 0.3) is 50.4 Å². The molecule has 196 valence electrons. The van der Waals surface area contributed by atoms with E-state index >= 15 is 0 Å². The van der Waals surface area contributed by atoms with Gasteiger partial charge >= 0.3 is 5.97 Å². The van der Waals surface area contributed by atoms with Crippen LogP contribution in [0.5, 0.6) is 0 Å². The minimum Gasteiger partial charge on any atom is -0.478 e. The van der Waals surface area contributed by atoms with Crippen molar-refractivity contribution in [1.29, 1.82) is 0 Å². The van der Waals surface area contributed by atoms with Gasteiger partial charge in [0.15, 0.2) is 11.6 Å². The van der Waals surface area contributed by atoms with Crippen LogP contribution in [0.1, 0.15) is 36.7 Å². The number of hydrogen-bond acceptors (Lipinski definition) is 3. The first-order valence-corrected chi connectivity index (χ1v) is 13.3. The van der Waals surface area contributed by atoms with E-state index in [0.29, 0.717) is 0 Å². The monoisotopic (exact) mass is 523 g/mol. The topological polar surface area (TPSA) is 68.0 Å². The van der Waals surface area contributed by atoms with Crippen LogP contribution >= 0.6 is 0 Å². The zero-order valence-electron chi connectivity index (χ0n) is 22.7. The average molecular weight is 524 g/mol. The first-order chi connectivity index (χ1) is 19.3. The fraction of sp³-hybridized carbons (Fsp3) is 0.114. The maximum Gasteiger partial charge on any atom is 0.335 e. The SMILES string of the molecule is CC(C)(C)c1ccc(-c2nnc(-c3ccc(-c4ccc(C(=O)O)cc4)cc3)n2-c2cccc3ccccc23)cc1. The Morgan fingerprint density at radius 2 is 1.12 bits per heavy atom. The summed E-state index contributed by atoms with van der Waals surface area (Å²) < 4.78 is 2.14. The molecule has 5 nitrogen and oxygen atoms in total. The van der Waals surface area contributed by atoms with Crippen LogP contribution in [0.2, 0.25) is 0 Å². The van der Waals surface area contributed by atoms with Gasteiger partial charge in [0.2, 0.25) is 0 Å². The smallest absolute Gasteiger partial charge is 0.335 e. The Kier molecular flexibility index (Phi) is 6.27. The second-order valence-electron chi connectivity index (χ2n) is 11.0. The predicted octanol–water partition coefficient (Wildman–Crippen LogP) is 8.42. The number of carbonyl (C=O) groups is 1. The number of benzene rings is 5. The molecule has 40 heavy (non-hydrogen) atoms. The van der Waals surface area contributed by atoms with Gasteiger partial charge in [-0.1, -0.05) is 118 Å². The molecule has 6 aromatic rings. The van der Waals surface area contributed by atoms with E-state index in [1.54, 1.807) is 12.1 Å². The zero-order chi connectivity index (χ0) is 27.9. The maximum absolute atomic E-state index is 11.2. The molecule has 0 amide bonds. The van der Waals surface area contributed by atoms with Crippen molar-refractivity contribution in [2.24, 2.45) is 0 Å². The van der Waals surface area contributed by atoms with Crippen molar-refractivity contribution in [3.05, 3.63) is 126 Å². The van der Waals surface area contributed by atoms with Gasteiger partial charge in [-0.3, -0.25) is 4.57 Å². The van der Waals surface area contributed by atoms with Gasteiger partial charge < -0.3 is 5.11 Å². The van der Waals surface area contributed by atoms with Crippen LogP contribution in [0.3, 0.4) is 0 Å². The third kappa shape index (κ3) is 4.67. The second-order valence-corrected chi connectivity index (χ2v) is 11.0. The summed E-state index contributed by atoms with van der Waals surface area (Å²) in [5.41, 5.74) is 6.48. The Labute approximate surface area is 233 Å². The summed E-state index contributed by atoms with van der Waals surface area (Å²) in [5.74, 6) is 0.595. The van der Waals surface area contributed by atoms with Crippen LogP contribution in [-0.2, 0) is 5.41 Å². The van der Waals surface area contributed by atoms with Gasteiger partial charge in [-0.2, -0.15) is 0 Å². The van der Waals surface area contributed by atoms with Crippen molar-refractivity contribution in [2.75, 3.05) is 0 Å². The van der Waals surface area contributed by atoms with E-state index in [-0.39, 0.29) is 11.0 Å². The summed E-state index contributed by atoms with van der Waals surface area (Å²) in [4.78, 5) is 11.2. The Morgan fingerprint density at radius 1 is 0.625 bits per heavy atom. The van der Waals surface area contributed by atoms with E-state index in [0.717, 1.165) is 50.4 Å². The number of carboxylic acids is 1. The molecule has 0 spiro atoms. The van der Waals surface area contributed by atoms with Crippen molar-refractivity contribution < 1.29 is 9.90 Å². The summed E-state index contributed by atoms with van der Waals surface area (Å²) >= 11 is 0. The normalized spacial score (nSPS) is 11.6. The average Bonchev–Trinajstić information content (AvgIpc) is 3.41. The molecule has 0 atom stereocenters. The first-order valence-electron chi connectivity index (χ1n) is 13.3. The fourth-order valence-electron chi connectivity index (χ4n) is 5.03. The number of rotatable bonds is 5. The minimum absolute atomic E-state index is 0.0582. The van der Waals surface area contributed by atoms with Crippen molar-refractivity contribution in [3.8, 4) is 39.6 Å². The molecule has 5 heteroatoms. The van der Waals surface area contributed by atoms with Crippen molar-refractivity contribution in [2.45, 2.75) is 26.2 Å². The molecular formula is C35H29N3O2. The summed E-state index contributed by atoms with van der Waals surface area (Å²) in [7, 11) is 0. The highest BCUT2D eigenvalue weighted by atomic mass is 16.4. The first kappa shape index (κ1) is 25.3. The lowest BCUT2D eigenvalue weighted by Gasteiger charge is -2.19. The number of nitrogens with zero attached hydrogens (tertiary/aromatic N) is 3. The minimum atomic E-state index is -0.932. The number of carboxylic acid groups (broad SMARTS) is 1. The molecule has 0 aliphatic heterocycles. The van der Waals surface area contributed by atoms with Gasteiger partial charge in [-0.25, -0.2) is 4.79 Å². The largest absolute Gasteiger partial charge is 0.478 e. The van der Waals surface area contributed by atoms with E-state index in [4.69, 9.17) is 10.2 Å². The Morgan fingerprint density at radius 3 is 1.70 bits per heavy atom. The summed E-state index contributed by atoms with van der Waals surface area (Å²) in [6, 6.07) is 38.3. The zero-order valence-corrected chi connectivity index (χ0v) is 22.7. The third-order valence-electron chi connectivity index (χ3n) is 7.29. The van der Waals surface area contributed by atoms with Gasteiger partial charge in [0.05, 0.1) is 11.3 Å². The van der Waals surface area contributed by atoms with E-state index < -0.39 is 5.97 Å². The summed E-state index contributed by atoms with van der Waals surface area (Å²) in [5, 5.41) is 20.9. The predicted molar refractivity (Wildman–Crippen MR) is 161 cm³/mol. The third-order valence-corrected chi connectivity index (χ3v) is 7.29. The van der Waals surface area contributed by atoms with E-state index in [1.165, 1.54) is 5.56 Å². The molecular weight excluding hydrogens is 494 g/mol. The van der Waals surface area contributed by atoms with Crippen LogP contribution in [-0.4, -0.2) is 25.8 Å². The molecule has 0 saturated heterocycles. The Hall–Kier alpha value is -5.03. The van der Waals surface area contributed by atoms with Gasteiger partial charge in [-0.05, 0) is 45.7 Å². The molecule has 0 bridgehead atoms. The van der Waals surface area contributed by atoms with E-state index in [1.807, 2.05) is 42.5 Å². The molecule has 0 aliphatic carbocycles. The molecule has 1 N–H and O–H groups in total. The van der Waals surface area contributed by atoms with Gasteiger partial charge in [0, 0.05) is 16.5 Å². The highest BCUT2D eigenvalue weighted by Gasteiger charge is 2.20. The molecule has 6 rings (SSSR count). The molecule has 0 fully saturated rings. The standard InChI is InChI=1S/C35H29N3O2/c1-35(2,3)29-21-19-27(20-22-29)33-37-36-32(38(33)31-10-6-8-25-7-4-5-9-30(25)31)26-15-11-23(12-16-26)24-13-17-28(18-14-24)34(39)40/h4-22H,1-3H3,(H,39,40). The van der Waals surface area contributed by atoms with Crippen LogP contribution in [0.4, 0.5) is 0 Å². The molecule has 0 aliphatic rings. The Balaban J connectivity index is 1.48. The van der Waals surface area contributed by atoms with Crippen molar-refractivity contribution in [3.63, 3.8) is 0 Å². The van der Waals surface area contributed by atoms with E-state index in [9.17, 15) is 9.90 Å². The lowest BCUT2D eigenvalue weighted by molar-refractivity contribution is 0.0697. The Bertz CT molecular complexity index is 1820. The molecule has 0 saturated carbocycles. The highest BCUT2D eigenvalue weighted by Crippen LogP contribution is 2.34. The van der Waals surface area contributed by atoms with Gasteiger partial charge in [0.1, 0.15) is 0 Å². The molecule has 5 aromatic carbocycles. The summed E-state index contributed by atoms with van der Waals surface area (Å²) in [6.45, 7) is 6.63. The molecule has 0 radical (unpaired) electrons. The van der Waals surface area contributed by atoms with Crippen molar-refractivity contribution in [1.82, 2.24) is 14.8 Å². The van der Waals surface area contributed by atoms with Crippen LogP contribution in [0.15, 0.2) is 115 Å². The molecule has 0 unspecified atom stereocenters. The number of aromatic nitrogens is 3. The number of aromatic carboxylic acids is 1. The van der Waals surface area contributed by atoms with Gasteiger partial charge in [0.25, 0.3) is 0 Å². The number of fused-ring (bicyclic) bond motifs is 1. The number of hydrogen-bond donors (Lipinski definition) is 1. The lowest BCUT2D eigenvalue weighted by atomic mass is 9.86. The second kappa shape index (κ2) is 9.93. The molecule has 1 aromatic heterocycles. The fourth-order valence-corrected chi connectivity index (χ4v) is 5.03. The van der Waals surface area contributed by atoms with Crippen LogP contribution in [0, 0.1) is 0 Å². The van der Waals surface area contributed by atoms with Crippen molar-refractivity contribution >= 4 is 16.7 Å². The lowest BCUT2D eigenvalue weighted by Crippen LogP contribution is -2.10. The van der Waals surface area contributed by atoms with Crippen LogP contribution < -0.4 is 0 Å². The quantitative estimate of drug-likeness (QED) is 0.246. The maximum atomic E-state index is 11.2. The highest BCUT2D eigenvalue weighted by molar-refractivity contribution is 5.92. The molecule has 1 heterocycles. The van der Waals surface area contributed by atoms with Gasteiger partial charge in [-0.15, -0.1) is 10.2 Å².